The van der Waals surface area contributed by atoms with Crippen LogP contribution >= 0.6 is 15.9 Å². The highest BCUT2D eigenvalue weighted by Gasteiger charge is 2.45. The molecule has 1 N–H and O–H groups in total. The number of fused-ring (bicyclic) bond motifs is 1. The van der Waals surface area contributed by atoms with E-state index in [0.717, 1.165) is 21.0 Å². The number of Topliss-reactive ketones (excluding diaryl/α,β-unsaturated/α-hetero) is 1. The van der Waals surface area contributed by atoms with E-state index in [1.807, 2.05) is 43.3 Å². The Morgan fingerprint density at radius 2 is 1.94 bits per heavy atom. The van der Waals surface area contributed by atoms with E-state index in [2.05, 4.69) is 15.9 Å². The molecule has 1 unspecified atom stereocenters. The highest BCUT2D eigenvalue weighted by Crippen LogP contribution is 2.41. The second-order valence-electron chi connectivity index (χ2n) is 7.66. The maximum Gasteiger partial charge on any atom is 0.290 e. The van der Waals surface area contributed by atoms with Crippen LogP contribution in [0.25, 0.3) is 11.0 Å². The standard InChI is InChI=1S/C25H18BrNO5/c1-14-5-2-3-7-18(14)22-21(24(29)25(30)27(22)13-17-6-4-10-31-17)23(28)20-12-15-11-16(26)8-9-19(15)32-20/h2-12,22,29H,13H2,1H3. The number of amides is 1. The minimum atomic E-state index is -0.777. The quantitative estimate of drug-likeness (QED) is 0.352. The lowest BCUT2D eigenvalue weighted by Crippen LogP contribution is -2.31. The van der Waals surface area contributed by atoms with Gasteiger partial charge in [0, 0.05) is 9.86 Å². The lowest BCUT2D eigenvalue weighted by molar-refractivity contribution is -0.130. The van der Waals surface area contributed by atoms with Crippen LogP contribution in [-0.4, -0.2) is 21.7 Å². The molecule has 2 aromatic carbocycles. The van der Waals surface area contributed by atoms with Crippen molar-refractivity contribution in [1.29, 1.82) is 0 Å². The number of aliphatic hydroxyl groups excluding tert-OH is 1. The number of aryl methyl sites for hydroxylation is 1. The van der Waals surface area contributed by atoms with Gasteiger partial charge in [-0.15, -0.1) is 0 Å². The second-order valence-corrected chi connectivity index (χ2v) is 8.57. The number of carbonyl (C=O) groups excluding carboxylic acids is 2. The molecule has 0 radical (unpaired) electrons. The van der Waals surface area contributed by atoms with Gasteiger partial charge in [0.05, 0.1) is 24.4 Å². The summed E-state index contributed by atoms with van der Waals surface area (Å²) in [6.45, 7) is 2.01. The Kier molecular flexibility index (Phi) is 4.98. The van der Waals surface area contributed by atoms with Crippen molar-refractivity contribution in [2.24, 2.45) is 0 Å². The molecule has 7 heteroatoms. The molecule has 1 atom stereocenters. The van der Waals surface area contributed by atoms with Crippen LogP contribution in [0.2, 0.25) is 0 Å². The second kappa shape index (κ2) is 7.84. The molecule has 5 rings (SSSR count). The van der Waals surface area contributed by atoms with Crippen molar-refractivity contribution < 1.29 is 23.5 Å². The van der Waals surface area contributed by atoms with Gasteiger partial charge >= 0.3 is 0 Å². The van der Waals surface area contributed by atoms with Crippen molar-refractivity contribution in [1.82, 2.24) is 4.90 Å². The van der Waals surface area contributed by atoms with E-state index in [1.54, 1.807) is 24.3 Å². The molecule has 2 aromatic heterocycles. The molecule has 6 nitrogen and oxygen atoms in total. The lowest BCUT2D eigenvalue weighted by atomic mass is 9.92. The summed E-state index contributed by atoms with van der Waals surface area (Å²) >= 11 is 3.41. The summed E-state index contributed by atoms with van der Waals surface area (Å²) < 4.78 is 12.0. The number of benzene rings is 2. The van der Waals surface area contributed by atoms with Crippen LogP contribution in [0.3, 0.4) is 0 Å². The van der Waals surface area contributed by atoms with Gasteiger partial charge in [-0.3, -0.25) is 9.59 Å². The van der Waals surface area contributed by atoms with Crippen molar-refractivity contribution >= 4 is 38.6 Å². The van der Waals surface area contributed by atoms with Crippen molar-refractivity contribution in [3.05, 3.63) is 105 Å². The molecular formula is C25H18BrNO5. The number of nitrogens with zero attached hydrogens (tertiary/aromatic N) is 1. The number of furan rings is 2. The highest BCUT2D eigenvalue weighted by atomic mass is 79.9. The Hall–Kier alpha value is -3.58. The average molecular weight is 492 g/mol. The van der Waals surface area contributed by atoms with Crippen molar-refractivity contribution in [3.63, 3.8) is 0 Å². The van der Waals surface area contributed by atoms with E-state index in [9.17, 15) is 14.7 Å². The Bertz CT molecular complexity index is 1380. The van der Waals surface area contributed by atoms with Crippen LogP contribution in [0.15, 0.2) is 91.6 Å². The van der Waals surface area contributed by atoms with E-state index < -0.39 is 23.5 Å². The zero-order valence-electron chi connectivity index (χ0n) is 17.0. The number of ketones is 1. The molecule has 160 valence electrons. The first-order chi connectivity index (χ1) is 15.4. The third-order valence-corrected chi connectivity index (χ3v) is 6.13. The average Bonchev–Trinajstić information content (AvgIpc) is 3.49. The Labute approximate surface area is 191 Å². The van der Waals surface area contributed by atoms with Crippen LogP contribution in [0.4, 0.5) is 0 Å². The smallest absolute Gasteiger partial charge is 0.290 e. The zero-order chi connectivity index (χ0) is 22.4. The van der Waals surface area contributed by atoms with Gasteiger partial charge in [0.15, 0.2) is 11.5 Å². The Morgan fingerprint density at radius 3 is 2.69 bits per heavy atom. The molecule has 0 fully saturated rings. The van der Waals surface area contributed by atoms with Gasteiger partial charge in [0.2, 0.25) is 5.78 Å². The summed E-state index contributed by atoms with van der Waals surface area (Å²) in [5.41, 5.74) is 2.18. The monoisotopic (exact) mass is 491 g/mol. The Balaban J connectivity index is 1.62. The predicted octanol–water partition coefficient (Wildman–Crippen LogP) is 5.88. The van der Waals surface area contributed by atoms with E-state index in [-0.39, 0.29) is 17.9 Å². The van der Waals surface area contributed by atoms with Crippen LogP contribution in [0.5, 0.6) is 0 Å². The maximum atomic E-state index is 13.6. The minimum Gasteiger partial charge on any atom is -0.503 e. The van der Waals surface area contributed by atoms with Crippen LogP contribution in [-0.2, 0) is 11.3 Å². The summed E-state index contributed by atoms with van der Waals surface area (Å²) in [6.07, 6.45) is 1.52. The zero-order valence-corrected chi connectivity index (χ0v) is 18.6. The summed E-state index contributed by atoms with van der Waals surface area (Å²) in [6, 6.07) is 17.2. The minimum absolute atomic E-state index is 0.00558. The largest absolute Gasteiger partial charge is 0.503 e. The normalized spacial score (nSPS) is 16.4. The molecule has 0 spiro atoms. The maximum absolute atomic E-state index is 13.6. The van der Waals surface area contributed by atoms with Gasteiger partial charge < -0.3 is 18.8 Å². The summed E-state index contributed by atoms with van der Waals surface area (Å²) in [4.78, 5) is 28.1. The van der Waals surface area contributed by atoms with Gasteiger partial charge in [-0.05, 0) is 54.4 Å². The molecule has 3 heterocycles. The van der Waals surface area contributed by atoms with Crippen LogP contribution in [0.1, 0.15) is 33.5 Å². The molecular weight excluding hydrogens is 474 g/mol. The summed E-state index contributed by atoms with van der Waals surface area (Å²) in [5, 5.41) is 11.6. The molecule has 32 heavy (non-hydrogen) atoms. The molecule has 0 saturated carbocycles. The Morgan fingerprint density at radius 1 is 1.12 bits per heavy atom. The summed E-state index contributed by atoms with van der Waals surface area (Å²) in [5.74, 6) is -1.12. The molecule has 1 amide bonds. The molecule has 4 aromatic rings. The van der Waals surface area contributed by atoms with Crippen molar-refractivity contribution in [2.45, 2.75) is 19.5 Å². The van der Waals surface area contributed by atoms with E-state index in [4.69, 9.17) is 8.83 Å². The van der Waals surface area contributed by atoms with Gasteiger partial charge in [0.1, 0.15) is 11.3 Å². The van der Waals surface area contributed by atoms with Crippen LogP contribution < -0.4 is 0 Å². The first-order valence-corrected chi connectivity index (χ1v) is 10.8. The molecule has 0 aliphatic carbocycles. The van der Waals surface area contributed by atoms with E-state index in [0.29, 0.717) is 11.3 Å². The third kappa shape index (κ3) is 3.35. The number of aliphatic hydroxyl groups is 1. The van der Waals surface area contributed by atoms with Crippen molar-refractivity contribution in [3.8, 4) is 0 Å². The molecule has 1 aliphatic rings. The fraction of sp³-hybridized carbons (Fsp3) is 0.120. The number of rotatable bonds is 5. The first-order valence-electron chi connectivity index (χ1n) is 10.00. The van der Waals surface area contributed by atoms with Gasteiger partial charge in [-0.2, -0.15) is 0 Å². The van der Waals surface area contributed by atoms with Crippen LogP contribution in [0, 0.1) is 6.92 Å². The number of carbonyl (C=O) groups is 2. The fourth-order valence-electron chi connectivity index (χ4n) is 4.09. The van der Waals surface area contributed by atoms with E-state index in [1.165, 1.54) is 11.2 Å². The van der Waals surface area contributed by atoms with Gasteiger partial charge in [-0.1, -0.05) is 40.2 Å². The number of hydrogen-bond acceptors (Lipinski definition) is 5. The fourth-order valence-corrected chi connectivity index (χ4v) is 4.47. The third-order valence-electron chi connectivity index (χ3n) is 5.64. The molecule has 0 bridgehead atoms. The van der Waals surface area contributed by atoms with Gasteiger partial charge in [-0.25, -0.2) is 0 Å². The molecule has 0 saturated heterocycles. The van der Waals surface area contributed by atoms with Gasteiger partial charge in [0.25, 0.3) is 5.91 Å². The summed E-state index contributed by atoms with van der Waals surface area (Å²) in [7, 11) is 0. The molecule has 1 aliphatic heterocycles. The number of halogens is 1. The topological polar surface area (TPSA) is 83.9 Å². The highest BCUT2D eigenvalue weighted by molar-refractivity contribution is 9.10. The SMILES string of the molecule is Cc1ccccc1C1C(C(=O)c2cc3cc(Br)ccc3o2)=C(O)C(=O)N1Cc1ccco1. The van der Waals surface area contributed by atoms with Crippen molar-refractivity contribution in [2.75, 3.05) is 0 Å². The predicted molar refractivity (Wildman–Crippen MR) is 121 cm³/mol. The number of hydrogen-bond donors (Lipinski definition) is 1. The first kappa shape index (κ1) is 20.3. The van der Waals surface area contributed by atoms with E-state index >= 15 is 0 Å². The lowest BCUT2D eigenvalue weighted by Gasteiger charge is -2.27.